The lowest BCUT2D eigenvalue weighted by Crippen LogP contribution is -2.32. The predicted molar refractivity (Wildman–Crippen MR) is 42.2 cm³/mol. The molecule has 0 amide bonds. The number of ether oxygens (including phenoxy) is 2. The van der Waals surface area contributed by atoms with Crippen LogP contribution < -0.4 is 9.47 Å². The molecule has 1 aromatic rings. The van der Waals surface area contributed by atoms with Gasteiger partial charge >= 0.3 is 5.97 Å². The third kappa shape index (κ3) is 1.03. The molecule has 1 atom stereocenters. The van der Waals surface area contributed by atoms with E-state index in [0.717, 1.165) is 0 Å². The number of hydrogen-bond acceptors (Lipinski definition) is 3. The summed E-state index contributed by atoms with van der Waals surface area (Å²) in [6.07, 6.45) is -0.500. The van der Waals surface area contributed by atoms with Crippen LogP contribution >= 0.6 is 0 Å². The average molecular weight is 164 g/mol. The maximum absolute atomic E-state index is 11.0. The summed E-state index contributed by atoms with van der Waals surface area (Å²) in [7, 11) is 0. The molecule has 0 saturated carbocycles. The first-order valence-corrected chi connectivity index (χ1v) is 3.75. The number of para-hydroxylation sites is 2. The largest absolute Gasteiger partial charge is 0.475 e. The molecule has 0 radical (unpaired) electrons. The summed E-state index contributed by atoms with van der Waals surface area (Å²) in [5, 5.41) is 0. The van der Waals surface area contributed by atoms with E-state index in [9.17, 15) is 4.79 Å². The molecule has 0 saturated heterocycles. The Morgan fingerprint density at radius 1 is 1.25 bits per heavy atom. The smallest absolute Gasteiger partial charge is 0.352 e. The second kappa shape index (κ2) is 2.52. The normalized spacial score (nSPS) is 20.8. The second-order valence-electron chi connectivity index (χ2n) is 2.63. The third-order valence-electron chi connectivity index (χ3n) is 1.70. The fourth-order valence-corrected chi connectivity index (χ4v) is 1.06. The number of esters is 1. The molecule has 62 valence electrons. The Hall–Kier alpha value is -1.51. The molecule has 3 heteroatoms. The van der Waals surface area contributed by atoms with E-state index in [0.29, 0.717) is 11.5 Å². The van der Waals surface area contributed by atoms with Crippen molar-refractivity contribution >= 4 is 5.97 Å². The van der Waals surface area contributed by atoms with Crippen molar-refractivity contribution in [2.75, 3.05) is 0 Å². The zero-order valence-electron chi connectivity index (χ0n) is 6.61. The zero-order chi connectivity index (χ0) is 8.55. The second-order valence-corrected chi connectivity index (χ2v) is 2.63. The third-order valence-corrected chi connectivity index (χ3v) is 1.70. The molecule has 0 aliphatic carbocycles. The van der Waals surface area contributed by atoms with Crippen LogP contribution in [0, 0.1) is 0 Å². The molecule has 1 unspecified atom stereocenters. The number of carbonyl (C=O) groups excluding carboxylic acids is 1. The lowest BCUT2D eigenvalue weighted by atomic mass is 10.3. The quantitative estimate of drug-likeness (QED) is 0.429. The molecule has 0 fully saturated rings. The van der Waals surface area contributed by atoms with Gasteiger partial charge in [0, 0.05) is 0 Å². The maximum atomic E-state index is 11.0. The Morgan fingerprint density at radius 2 is 1.92 bits per heavy atom. The van der Waals surface area contributed by atoms with E-state index in [1.807, 2.05) is 6.07 Å². The van der Waals surface area contributed by atoms with E-state index in [1.165, 1.54) is 0 Å². The van der Waals surface area contributed by atoms with E-state index in [4.69, 9.17) is 9.47 Å². The SMILES string of the molecule is CC1Oc2ccccc2OC1=O. The summed E-state index contributed by atoms with van der Waals surface area (Å²) < 4.78 is 10.2. The van der Waals surface area contributed by atoms with Gasteiger partial charge in [0.05, 0.1) is 0 Å². The maximum Gasteiger partial charge on any atom is 0.352 e. The van der Waals surface area contributed by atoms with Crippen molar-refractivity contribution in [1.29, 1.82) is 0 Å². The Balaban J connectivity index is 2.40. The highest BCUT2D eigenvalue weighted by Gasteiger charge is 2.24. The van der Waals surface area contributed by atoms with Gasteiger partial charge in [0.1, 0.15) is 0 Å². The van der Waals surface area contributed by atoms with E-state index in [1.54, 1.807) is 25.1 Å². The molecule has 0 bridgehead atoms. The first kappa shape index (κ1) is 7.16. The van der Waals surface area contributed by atoms with Gasteiger partial charge in [-0.2, -0.15) is 0 Å². The van der Waals surface area contributed by atoms with Gasteiger partial charge in [0.25, 0.3) is 0 Å². The molecular formula is C9H8O3. The summed E-state index contributed by atoms with van der Waals surface area (Å²) in [5.41, 5.74) is 0. The summed E-state index contributed by atoms with van der Waals surface area (Å²) in [6.45, 7) is 1.66. The number of hydrogen-bond donors (Lipinski definition) is 0. The van der Waals surface area contributed by atoms with Gasteiger partial charge < -0.3 is 9.47 Å². The van der Waals surface area contributed by atoms with Crippen molar-refractivity contribution in [3.63, 3.8) is 0 Å². The van der Waals surface area contributed by atoms with Crippen molar-refractivity contribution in [2.45, 2.75) is 13.0 Å². The van der Waals surface area contributed by atoms with Gasteiger partial charge in [0.2, 0.25) is 0 Å². The van der Waals surface area contributed by atoms with Gasteiger partial charge in [-0.1, -0.05) is 12.1 Å². The fraction of sp³-hybridized carbons (Fsp3) is 0.222. The van der Waals surface area contributed by atoms with Crippen LogP contribution in [0.2, 0.25) is 0 Å². The molecule has 1 aromatic carbocycles. The van der Waals surface area contributed by atoms with Crippen LogP contribution in [0.3, 0.4) is 0 Å². The van der Waals surface area contributed by atoms with E-state index in [-0.39, 0.29) is 5.97 Å². The number of fused-ring (bicyclic) bond motifs is 1. The molecule has 1 aliphatic rings. The Morgan fingerprint density at radius 3 is 2.67 bits per heavy atom. The first-order valence-electron chi connectivity index (χ1n) is 3.75. The number of benzene rings is 1. The van der Waals surface area contributed by atoms with Gasteiger partial charge in [-0.25, -0.2) is 4.79 Å². The van der Waals surface area contributed by atoms with E-state index in [2.05, 4.69) is 0 Å². The van der Waals surface area contributed by atoms with Crippen molar-refractivity contribution in [1.82, 2.24) is 0 Å². The molecular weight excluding hydrogens is 156 g/mol. The highest BCUT2D eigenvalue weighted by molar-refractivity contribution is 5.79. The van der Waals surface area contributed by atoms with Crippen LogP contribution in [-0.2, 0) is 4.79 Å². The van der Waals surface area contributed by atoms with Gasteiger partial charge in [-0.3, -0.25) is 0 Å². The summed E-state index contributed by atoms with van der Waals surface area (Å²) in [5.74, 6) is 0.791. The molecule has 1 heterocycles. The highest BCUT2D eigenvalue weighted by Crippen LogP contribution is 2.30. The minimum absolute atomic E-state index is 0.339. The van der Waals surface area contributed by atoms with Crippen LogP contribution in [-0.4, -0.2) is 12.1 Å². The van der Waals surface area contributed by atoms with Gasteiger partial charge in [-0.15, -0.1) is 0 Å². The predicted octanol–water partition coefficient (Wildman–Crippen LogP) is 1.37. The molecule has 3 nitrogen and oxygen atoms in total. The van der Waals surface area contributed by atoms with Crippen molar-refractivity contribution in [2.24, 2.45) is 0 Å². The highest BCUT2D eigenvalue weighted by atomic mass is 16.6. The topological polar surface area (TPSA) is 35.5 Å². The summed E-state index contributed by atoms with van der Waals surface area (Å²) in [6, 6.07) is 7.12. The van der Waals surface area contributed by atoms with Crippen LogP contribution in [0.4, 0.5) is 0 Å². The standard InChI is InChI=1S/C9H8O3/c1-6-9(10)12-8-5-3-2-4-7(8)11-6/h2-6H,1H3. The Kier molecular flexibility index (Phi) is 1.50. The number of carbonyl (C=O) groups is 1. The fourth-order valence-electron chi connectivity index (χ4n) is 1.06. The zero-order valence-corrected chi connectivity index (χ0v) is 6.61. The monoisotopic (exact) mass is 164 g/mol. The van der Waals surface area contributed by atoms with Crippen molar-refractivity contribution in [3.8, 4) is 11.5 Å². The van der Waals surface area contributed by atoms with E-state index < -0.39 is 6.10 Å². The molecule has 0 aromatic heterocycles. The van der Waals surface area contributed by atoms with Crippen LogP contribution in [0.1, 0.15) is 6.92 Å². The molecule has 0 spiro atoms. The lowest BCUT2D eigenvalue weighted by Gasteiger charge is -2.21. The summed E-state index contributed by atoms with van der Waals surface area (Å²) in [4.78, 5) is 11.0. The molecule has 12 heavy (non-hydrogen) atoms. The first-order chi connectivity index (χ1) is 5.77. The minimum atomic E-state index is -0.500. The van der Waals surface area contributed by atoms with Crippen molar-refractivity contribution < 1.29 is 14.3 Å². The lowest BCUT2D eigenvalue weighted by molar-refractivity contribution is -0.144. The molecule has 1 aliphatic heterocycles. The van der Waals surface area contributed by atoms with Crippen LogP contribution in [0.15, 0.2) is 24.3 Å². The summed E-state index contributed by atoms with van der Waals surface area (Å²) >= 11 is 0. The van der Waals surface area contributed by atoms with Crippen LogP contribution in [0.25, 0.3) is 0 Å². The van der Waals surface area contributed by atoms with Gasteiger partial charge in [-0.05, 0) is 19.1 Å². The molecule has 0 N–H and O–H groups in total. The van der Waals surface area contributed by atoms with Crippen molar-refractivity contribution in [3.05, 3.63) is 24.3 Å². The average Bonchev–Trinajstić information content (AvgIpc) is 2.07. The van der Waals surface area contributed by atoms with Crippen LogP contribution in [0.5, 0.6) is 11.5 Å². The molecule has 2 rings (SSSR count). The Bertz CT molecular complexity index is 319. The Labute approximate surface area is 69.9 Å². The van der Waals surface area contributed by atoms with E-state index >= 15 is 0 Å². The minimum Gasteiger partial charge on any atom is -0.475 e. The number of rotatable bonds is 0. The van der Waals surface area contributed by atoms with Gasteiger partial charge in [0.15, 0.2) is 17.6 Å².